The van der Waals surface area contributed by atoms with E-state index in [2.05, 4.69) is 20.7 Å². The van der Waals surface area contributed by atoms with Gasteiger partial charge < -0.3 is 0 Å². The molecule has 5 heteroatoms. The molecular formula is C12H16BrNO2S. The average molecular weight is 318 g/mol. The minimum Gasteiger partial charge on any atom is -0.207 e. The Labute approximate surface area is 111 Å². The molecule has 1 heterocycles. The standard InChI is InChI=1S/C12H16BrNO2S/c1-7(2)9-5-8(13)6-10-11(9)17(15,16)14-12(10,3)4/h5-7,14H,1-4H3. The Morgan fingerprint density at radius 1 is 1.29 bits per heavy atom. The number of nitrogens with one attached hydrogen (secondary N) is 1. The van der Waals surface area contributed by atoms with Gasteiger partial charge >= 0.3 is 0 Å². The molecule has 0 amide bonds. The van der Waals surface area contributed by atoms with E-state index in [9.17, 15) is 8.42 Å². The third-order valence-corrected chi connectivity index (χ3v) is 5.27. The maximum atomic E-state index is 12.2. The lowest BCUT2D eigenvalue weighted by Crippen LogP contribution is -2.32. The molecule has 0 saturated heterocycles. The Morgan fingerprint density at radius 3 is 2.41 bits per heavy atom. The van der Waals surface area contributed by atoms with Gasteiger partial charge in [0.2, 0.25) is 10.0 Å². The SMILES string of the molecule is CC(C)c1cc(Br)cc2c1S(=O)(=O)NC2(C)C. The van der Waals surface area contributed by atoms with Crippen LogP contribution in [0.5, 0.6) is 0 Å². The monoisotopic (exact) mass is 317 g/mol. The van der Waals surface area contributed by atoms with E-state index in [4.69, 9.17) is 0 Å². The highest BCUT2D eigenvalue weighted by Crippen LogP contribution is 2.41. The van der Waals surface area contributed by atoms with Crippen molar-refractivity contribution in [1.82, 2.24) is 4.72 Å². The Morgan fingerprint density at radius 2 is 1.88 bits per heavy atom. The molecule has 2 rings (SSSR count). The highest BCUT2D eigenvalue weighted by molar-refractivity contribution is 9.10. The van der Waals surface area contributed by atoms with Crippen LogP contribution in [0.25, 0.3) is 0 Å². The van der Waals surface area contributed by atoms with Crippen LogP contribution in [0.1, 0.15) is 44.7 Å². The predicted molar refractivity (Wildman–Crippen MR) is 71.6 cm³/mol. The van der Waals surface area contributed by atoms with Crippen molar-refractivity contribution >= 4 is 26.0 Å². The van der Waals surface area contributed by atoms with Gasteiger partial charge in [0.15, 0.2) is 0 Å². The molecular weight excluding hydrogens is 302 g/mol. The summed E-state index contributed by atoms with van der Waals surface area (Å²) in [6.07, 6.45) is 0. The van der Waals surface area contributed by atoms with Gasteiger partial charge in [-0.05, 0) is 43.0 Å². The summed E-state index contributed by atoms with van der Waals surface area (Å²) in [5.41, 5.74) is 1.17. The topological polar surface area (TPSA) is 46.2 Å². The number of hydrogen-bond acceptors (Lipinski definition) is 2. The second kappa shape index (κ2) is 3.80. The van der Waals surface area contributed by atoms with Crippen LogP contribution in [-0.4, -0.2) is 8.42 Å². The molecule has 0 saturated carbocycles. The van der Waals surface area contributed by atoms with Crippen LogP contribution < -0.4 is 4.72 Å². The first-order chi connectivity index (χ1) is 7.65. The largest absolute Gasteiger partial charge is 0.241 e. The Kier molecular flexibility index (Phi) is 2.92. The number of halogens is 1. The zero-order valence-electron chi connectivity index (χ0n) is 10.3. The predicted octanol–water partition coefficient (Wildman–Crippen LogP) is 3.10. The number of sulfonamides is 1. The third-order valence-electron chi connectivity index (χ3n) is 3.04. The molecule has 0 spiro atoms. The van der Waals surface area contributed by atoms with E-state index in [1.165, 1.54) is 0 Å². The molecule has 0 bridgehead atoms. The Bertz CT molecular complexity index is 576. The molecule has 1 N–H and O–H groups in total. The lowest BCUT2D eigenvalue weighted by molar-refractivity contribution is 0.493. The maximum Gasteiger partial charge on any atom is 0.241 e. The van der Waals surface area contributed by atoms with Gasteiger partial charge in [-0.3, -0.25) is 0 Å². The second-order valence-corrected chi connectivity index (χ2v) is 7.79. The summed E-state index contributed by atoms with van der Waals surface area (Å²) in [6, 6.07) is 3.78. The molecule has 0 radical (unpaired) electrons. The fourth-order valence-electron chi connectivity index (χ4n) is 2.25. The molecule has 1 aromatic carbocycles. The molecule has 0 unspecified atom stereocenters. The molecule has 0 atom stereocenters. The van der Waals surface area contributed by atoms with E-state index in [0.29, 0.717) is 4.90 Å². The summed E-state index contributed by atoms with van der Waals surface area (Å²) in [7, 11) is -3.38. The van der Waals surface area contributed by atoms with Crippen molar-refractivity contribution in [3.05, 3.63) is 27.7 Å². The molecule has 0 aliphatic carbocycles. The highest BCUT2D eigenvalue weighted by atomic mass is 79.9. The fourth-order valence-corrected chi connectivity index (χ4v) is 4.82. The molecule has 0 aromatic heterocycles. The average Bonchev–Trinajstić information content (AvgIpc) is 2.31. The minimum atomic E-state index is -3.38. The van der Waals surface area contributed by atoms with Crippen LogP contribution in [-0.2, 0) is 15.6 Å². The van der Waals surface area contributed by atoms with Gasteiger partial charge in [0, 0.05) is 4.47 Å². The normalized spacial score (nSPS) is 20.6. The lowest BCUT2D eigenvalue weighted by Gasteiger charge is -2.18. The fraction of sp³-hybridized carbons (Fsp3) is 0.500. The van der Waals surface area contributed by atoms with Gasteiger partial charge in [-0.25, -0.2) is 13.1 Å². The van der Waals surface area contributed by atoms with E-state index < -0.39 is 15.6 Å². The zero-order chi connectivity index (χ0) is 13.0. The van der Waals surface area contributed by atoms with Gasteiger partial charge in [-0.2, -0.15) is 0 Å². The van der Waals surface area contributed by atoms with Crippen molar-refractivity contribution in [2.45, 2.75) is 44.0 Å². The quantitative estimate of drug-likeness (QED) is 0.865. The van der Waals surface area contributed by atoms with Gasteiger partial charge in [0.05, 0.1) is 10.4 Å². The molecule has 0 fully saturated rings. The van der Waals surface area contributed by atoms with Gasteiger partial charge in [-0.1, -0.05) is 29.8 Å². The van der Waals surface area contributed by atoms with Gasteiger partial charge in [0.25, 0.3) is 0 Å². The lowest BCUT2D eigenvalue weighted by atomic mass is 9.91. The summed E-state index contributed by atoms with van der Waals surface area (Å²) in [5, 5.41) is 0. The summed E-state index contributed by atoms with van der Waals surface area (Å²) < 4.78 is 28.0. The van der Waals surface area contributed by atoms with Crippen molar-refractivity contribution in [3.8, 4) is 0 Å². The van der Waals surface area contributed by atoms with Crippen molar-refractivity contribution in [3.63, 3.8) is 0 Å². The first kappa shape index (κ1) is 13.1. The first-order valence-electron chi connectivity index (χ1n) is 5.53. The van der Waals surface area contributed by atoms with Crippen LogP contribution >= 0.6 is 15.9 Å². The second-order valence-electron chi connectivity index (χ2n) is 5.26. The van der Waals surface area contributed by atoms with Crippen molar-refractivity contribution in [2.24, 2.45) is 0 Å². The summed E-state index contributed by atoms with van der Waals surface area (Å²) in [4.78, 5) is 0.459. The molecule has 1 aromatic rings. The number of rotatable bonds is 1. The van der Waals surface area contributed by atoms with Crippen LogP contribution in [0.2, 0.25) is 0 Å². The number of hydrogen-bond donors (Lipinski definition) is 1. The van der Waals surface area contributed by atoms with Crippen LogP contribution in [0.3, 0.4) is 0 Å². The summed E-state index contributed by atoms with van der Waals surface area (Å²) >= 11 is 3.45. The van der Waals surface area contributed by atoms with E-state index in [-0.39, 0.29) is 5.92 Å². The van der Waals surface area contributed by atoms with E-state index in [0.717, 1.165) is 15.6 Å². The smallest absolute Gasteiger partial charge is 0.207 e. The summed E-state index contributed by atoms with van der Waals surface area (Å²) in [6.45, 7) is 7.77. The first-order valence-corrected chi connectivity index (χ1v) is 7.80. The van der Waals surface area contributed by atoms with Crippen LogP contribution in [0, 0.1) is 0 Å². The highest BCUT2D eigenvalue weighted by Gasteiger charge is 2.42. The van der Waals surface area contributed by atoms with Crippen molar-refractivity contribution in [1.29, 1.82) is 0 Å². The van der Waals surface area contributed by atoms with E-state index in [1.54, 1.807) is 0 Å². The minimum absolute atomic E-state index is 0.173. The van der Waals surface area contributed by atoms with Crippen LogP contribution in [0.15, 0.2) is 21.5 Å². The molecule has 1 aliphatic rings. The zero-order valence-corrected chi connectivity index (χ0v) is 12.7. The van der Waals surface area contributed by atoms with Crippen molar-refractivity contribution in [2.75, 3.05) is 0 Å². The maximum absolute atomic E-state index is 12.2. The van der Waals surface area contributed by atoms with Crippen LogP contribution in [0.4, 0.5) is 0 Å². The molecule has 94 valence electrons. The molecule has 3 nitrogen and oxygen atoms in total. The van der Waals surface area contributed by atoms with E-state index in [1.807, 2.05) is 39.8 Å². The van der Waals surface area contributed by atoms with Gasteiger partial charge in [0.1, 0.15) is 0 Å². The summed E-state index contributed by atoms with van der Waals surface area (Å²) in [5.74, 6) is 0.173. The molecule has 17 heavy (non-hydrogen) atoms. The van der Waals surface area contributed by atoms with Crippen molar-refractivity contribution < 1.29 is 8.42 Å². The number of fused-ring (bicyclic) bond motifs is 1. The van der Waals surface area contributed by atoms with Gasteiger partial charge in [-0.15, -0.1) is 0 Å². The number of benzene rings is 1. The Hall–Kier alpha value is -0.390. The molecule has 1 aliphatic heterocycles. The van der Waals surface area contributed by atoms with E-state index >= 15 is 0 Å². The third kappa shape index (κ3) is 2.04. The Balaban J connectivity index is 2.87.